The Balaban J connectivity index is 2.80. The van der Waals surface area contributed by atoms with Crippen molar-refractivity contribution in [1.82, 2.24) is 0 Å². The van der Waals surface area contributed by atoms with Crippen LogP contribution in [0, 0.1) is 11.3 Å². The molecule has 6 heteroatoms. The summed E-state index contributed by atoms with van der Waals surface area (Å²) in [5.41, 5.74) is 0.531. The van der Waals surface area contributed by atoms with Gasteiger partial charge in [-0.05, 0) is 18.2 Å². The number of amides is 1. The van der Waals surface area contributed by atoms with Crippen LogP contribution in [0.1, 0.15) is 12.8 Å². The van der Waals surface area contributed by atoms with Gasteiger partial charge in [0.25, 0.3) is 0 Å². The third kappa shape index (κ3) is 4.60. The molecule has 0 aliphatic carbocycles. The first kappa shape index (κ1) is 15.0. The fraction of sp³-hybridized carbons (Fsp3) is 0.308. The van der Waals surface area contributed by atoms with Gasteiger partial charge in [-0.1, -0.05) is 17.7 Å². The van der Waals surface area contributed by atoms with E-state index in [1.807, 2.05) is 6.07 Å². The van der Waals surface area contributed by atoms with E-state index in [2.05, 4.69) is 4.74 Å². The van der Waals surface area contributed by atoms with Crippen LogP contribution in [0.4, 0.5) is 5.69 Å². The van der Waals surface area contributed by atoms with Crippen LogP contribution in [0.2, 0.25) is 5.02 Å². The Morgan fingerprint density at radius 3 is 2.74 bits per heavy atom. The average molecular weight is 281 g/mol. The van der Waals surface area contributed by atoms with E-state index in [0.29, 0.717) is 10.7 Å². The van der Waals surface area contributed by atoms with Crippen molar-refractivity contribution in [2.24, 2.45) is 0 Å². The van der Waals surface area contributed by atoms with Gasteiger partial charge in [-0.2, -0.15) is 5.26 Å². The zero-order valence-electron chi connectivity index (χ0n) is 10.4. The SMILES string of the molecule is COC(=O)CCC(=O)N(CC#N)c1cccc(Cl)c1. The number of hydrogen-bond acceptors (Lipinski definition) is 4. The summed E-state index contributed by atoms with van der Waals surface area (Å²) in [5, 5.41) is 9.24. The summed E-state index contributed by atoms with van der Waals surface area (Å²) < 4.78 is 4.47. The summed E-state index contributed by atoms with van der Waals surface area (Å²) in [6.45, 7) is -0.0969. The molecule has 0 saturated heterocycles. The maximum atomic E-state index is 12.0. The molecule has 100 valence electrons. The van der Waals surface area contributed by atoms with E-state index >= 15 is 0 Å². The van der Waals surface area contributed by atoms with Crippen LogP contribution < -0.4 is 4.90 Å². The van der Waals surface area contributed by atoms with Gasteiger partial charge in [0.2, 0.25) is 5.91 Å². The normalized spacial score (nSPS) is 9.53. The highest BCUT2D eigenvalue weighted by molar-refractivity contribution is 6.30. The van der Waals surface area contributed by atoms with Crippen LogP contribution in [-0.2, 0) is 14.3 Å². The van der Waals surface area contributed by atoms with E-state index in [1.165, 1.54) is 12.0 Å². The summed E-state index contributed by atoms with van der Waals surface area (Å²) >= 11 is 5.85. The highest BCUT2D eigenvalue weighted by atomic mass is 35.5. The number of benzene rings is 1. The lowest BCUT2D eigenvalue weighted by Gasteiger charge is -2.19. The number of rotatable bonds is 5. The summed E-state index contributed by atoms with van der Waals surface area (Å²) in [6, 6.07) is 8.55. The van der Waals surface area contributed by atoms with E-state index in [1.54, 1.807) is 24.3 Å². The molecule has 0 heterocycles. The first-order valence-electron chi connectivity index (χ1n) is 5.58. The Kier molecular flexibility index (Phi) is 5.83. The van der Waals surface area contributed by atoms with E-state index < -0.39 is 5.97 Å². The molecular formula is C13H13ClN2O3. The summed E-state index contributed by atoms with van der Waals surface area (Å²) in [5.74, 6) is -0.787. The average Bonchev–Trinajstić information content (AvgIpc) is 2.41. The Hall–Kier alpha value is -2.06. The van der Waals surface area contributed by atoms with Crippen LogP contribution in [0.25, 0.3) is 0 Å². The molecule has 19 heavy (non-hydrogen) atoms. The Labute approximate surface area is 116 Å². The van der Waals surface area contributed by atoms with Crippen LogP contribution in [0.5, 0.6) is 0 Å². The molecule has 0 saturated carbocycles. The highest BCUT2D eigenvalue weighted by Crippen LogP contribution is 2.20. The molecule has 1 aromatic carbocycles. The molecule has 1 aromatic rings. The number of carbonyl (C=O) groups excluding carboxylic acids is 2. The standard InChI is InChI=1S/C13H13ClN2O3/c1-19-13(18)6-5-12(17)16(8-7-15)11-4-2-3-10(14)9-11/h2-4,9H,5-6,8H2,1H3. The van der Waals surface area contributed by atoms with E-state index in [4.69, 9.17) is 16.9 Å². The fourth-order valence-corrected chi connectivity index (χ4v) is 1.67. The zero-order valence-corrected chi connectivity index (χ0v) is 11.2. The van der Waals surface area contributed by atoms with Gasteiger partial charge in [-0.15, -0.1) is 0 Å². The van der Waals surface area contributed by atoms with Gasteiger partial charge < -0.3 is 4.74 Å². The van der Waals surface area contributed by atoms with Crippen molar-refractivity contribution in [3.8, 4) is 6.07 Å². The van der Waals surface area contributed by atoms with Crippen molar-refractivity contribution < 1.29 is 14.3 Å². The first-order valence-corrected chi connectivity index (χ1v) is 5.96. The molecule has 0 N–H and O–H groups in total. The van der Waals surface area contributed by atoms with Gasteiger partial charge in [-0.3, -0.25) is 14.5 Å². The van der Waals surface area contributed by atoms with Gasteiger partial charge in [0.15, 0.2) is 0 Å². The number of anilines is 1. The summed E-state index contributed by atoms with van der Waals surface area (Å²) in [7, 11) is 1.26. The third-order valence-electron chi connectivity index (χ3n) is 2.42. The number of halogens is 1. The van der Waals surface area contributed by atoms with Crippen molar-refractivity contribution >= 4 is 29.2 Å². The van der Waals surface area contributed by atoms with Crippen LogP contribution in [0.3, 0.4) is 0 Å². The molecule has 0 atom stereocenters. The van der Waals surface area contributed by atoms with Gasteiger partial charge in [0.05, 0.1) is 19.6 Å². The monoisotopic (exact) mass is 280 g/mol. The fourth-order valence-electron chi connectivity index (χ4n) is 1.48. The second-order valence-corrected chi connectivity index (χ2v) is 4.13. The molecule has 0 aromatic heterocycles. The number of nitrogens with zero attached hydrogens (tertiary/aromatic N) is 2. The van der Waals surface area contributed by atoms with Crippen molar-refractivity contribution in [3.63, 3.8) is 0 Å². The lowest BCUT2D eigenvalue weighted by molar-refractivity contribution is -0.141. The number of carbonyl (C=O) groups is 2. The lowest BCUT2D eigenvalue weighted by Crippen LogP contribution is -2.31. The zero-order chi connectivity index (χ0) is 14.3. The van der Waals surface area contributed by atoms with Crippen LogP contribution in [0.15, 0.2) is 24.3 Å². The van der Waals surface area contributed by atoms with Crippen LogP contribution >= 0.6 is 11.6 Å². The molecule has 1 amide bonds. The minimum Gasteiger partial charge on any atom is -0.469 e. The van der Waals surface area contributed by atoms with E-state index in [9.17, 15) is 9.59 Å². The molecule has 0 aliphatic heterocycles. The Morgan fingerprint density at radius 2 is 2.16 bits per heavy atom. The summed E-state index contributed by atoms with van der Waals surface area (Å²) in [4.78, 5) is 24.3. The maximum Gasteiger partial charge on any atom is 0.306 e. The Morgan fingerprint density at radius 1 is 1.42 bits per heavy atom. The maximum absolute atomic E-state index is 12.0. The molecule has 0 radical (unpaired) electrons. The molecule has 0 unspecified atom stereocenters. The molecule has 5 nitrogen and oxygen atoms in total. The number of esters is 1. The summed E-state index contributed by atoms with van der Waals surface area (Å²) in [6.07, 6.45) is -0.0291. The number of hydrogen-bond donors (Lipinski definition) is 0. The van der Waals surface area contributed by atoms with Gasteiger partial charge in [0.1, 0.15) is 6.54 Å². The molecule has 0 fully saturated rings. The molecule has 0 aliphatic rings. The minimum atomic E-state index is -0.462. The van der Waals surface area contributed by atoms with Crippen LogP contribution in [-0.4, -0.2) is 25.5 Å². The Bertz CT molecular complexity index is 511. The molecule has 0 spiro atoms. The number of nitriles is 1. The van der Waals surface area contributed by atoms with Crippen molar-refractivity contribution in [2.45, 2.75) is 12.8 Å². The number of ether oxygens (including phenoxy) is 1. The molecule has 1 rings (SSSR count). The third-order valence-corrected chi connectivity index (χ3v) is 2.66. The van der Waals surface area contributed by atoms with E-state index in [-0.39, 0.29) is 25.3 Å². The lowest BCUT2D eigenvalue weighted by atomic mass is 10.2. The highest BCUT2D eigenvalue weighted by Gasteiger charge is 2.17. The largest absolute Gasteiger partial charge is 0.469 e. The quantitative estimate of drug-likeness (QED) is 0.612. The topological polar surface area (TPSA) is 70.4 Å². The number of methoxy groups -OCH3 is 1. The smallest absolute Gasteiger partial charge is 0.306 e. The second-order valence-electron chi connectivity index (χ2n) is 3.69. The van der Waals surface area contributed by atoms with Gasteiger partial charge >= 0.3 is 5.97 Å². The predicted octanol–water partition coefficient (Wildman–Crippen LogP) is 2.15. The van der Waals surface area contributed by atoms with E-state index in [0.717, 1.165) is 0 Å². The van der Waals surface area contributed by atoms with Gasteiger partial charge in [0, 0.05) is 17.1 Å². The van der Waals surface area contributed by atoms with Gasteiger partial charge in [-0.25, -0.2) is 0 Å². The minimum absolute atomic E-state index is 0.0130. The first-order chi connectivity index (χ1) is 9.08. The molecule has 0 bridgehead atoms. The van der Waals surface area contributed by atoms with Crippen molar-refractivity contribution in [1.29, 1.82) is 5.26 Å². The molecular weight excluding hydrogens is 268 g/mol. The van der Waals surface area contributed by atoms with Crippen molar-refractivity contribution in [3.05, 3.63) is 29.3 Å². The van der Waals surface area contributed by atoms with Crippen molar-refractivity contribution in [2.75, 3.05) is 18.6 Å². The second kappa shape index (κ2) is 7.39. The predicted molar refractivity (Wildman–Crippen MR) is 70.7 cm³/mol.